The number of benzene rings is 1. The summed E-state index contributed by atoms with van der Waals surface area (Å²) >= 11 is 0. The van der Waals surface area contributed by atoms with Gasteiger partial charge in [-0.3, -0.25) is 0 Å². The fourth-order valence-electron chi connectivity index (χ4n) is 3.22. The molecule has 19 heavy (non-hydrogen) atoms. The first-order chi connectivity index (χ1) is 9.28. The predicted molar refractivity (Wildman–Crippen MR) is 70.4 cm³/mol. The van der Waals surface area contributed by atoms with Crippen molar-refractivity contribution >= 4 is 6.09 Å². The smallest absolute Gasteiger partial charge is 0.410 e. The highest BCUT2D eigenvalue weighted by Crippen LogP contribution is 2.45. The van der Waals surface area contributed by atoms with E-state index in [1.54, 1.807) is 4.90 Å². The summed E-state index contributed by atoms with van der Waals surface area (Å²) in [6.45, 7) is 2.10. The van der Waals surface area contributed by atoms with Crippen molar-refractivity contribution in [1.82, 2.24) is 4.90 Å². The van der Waals surface area contributed by atoms with Crippen LogP contribution < -0.4 is 0 Å². The van der Waals surface area contributed by atoms with Gasteiger partial charge in [-0.1, -0.05) is 30.3 Å². The van der Waals surface area contributed by atoms with Gasteiger partial charge in [0.05, 0.1) is 0 Å². The van der Waals surface area contributed by atoms with E-state index in [1.807, 2.05) is 30.3 Å². The highest BCUT2D eigenvalue weighted by molar-refractivity contribution is 5.68. The van der Waals surface area contributed by atoms with Gasteiger partial charge in [0.2, 0.25) is 0 Å². The van der Waals surface area contributed by atoms with Crippen LogP contribution in [-0.4, -0.2) is 35.8 Å². The van der Waals surface area contributed by atoms with Gasteiger partial charge < -0.3 is 14.7 Å². The minimum absolute atomic E-state index is 0.227. The molecule has 0 aromatic heterocycles. The van der Waals surface area contributed by atoms with Crippen molar-refractivity contribution in [1.29, 1.82) is 0 Å². The number of hydrogen-bond donors (Lipinski definition) is 1. The van der Waals surface area contributed by atoms with Gasteiger partial charge >= 0.3 is 6.09 Å². The van der Waals surface area contributed by atoms with Crippen LogP contribution >= 0.6 is 0 Å². The number of likely N-dealkylation sites (tertiary alicyclic amines) is 1. The fraction of sp³-hybridized carbons (Fsp3) is 0.533. The Balaban J connectivity index is 1.49. The lowest BCUT2D eigenvalue weighted by Gasteiger charge is -2.37. The zero-order chi connectivity index (χ0) is 13.2. The minimum atomic E-state index is -0.227. The quantitative estimate of drug-likeness (QED) is 0.904. The molecule has 1 aromatic carbocycles. The van der Waals surface area contributed by atoms with E-state index in [0.29, 0.717) is 24.4 Å². The Morgan fingerprint density at radius 2 is 2.11 bits per heavy atom. The average molecular weight is 261 g/mol. The Bertz CT molecular complexity index is 448. The van der Waals surface area contributed by atoms with E-state index in [2.05, 4.69) is 0 Å². The summed E-state index contributed by atoms with van der Waals surface area (Å²) in [7, 11) is 0. The summed E-state index contributed by atoms with van der Waals surface area (Å²) in [5.41, 5.74) is 1.01. The maximum Gasteiger partial charge on any atom is 0.410 e. The highest BCUT2D eigenvalue weighted by atomic mass is 16.6. The SMILES string of the molecule is O=C(OCc1ccccc1)N1C[C@H]2C[C@@H](CO)[C@H]2C1. The van der Waals surface area contributed by atoms with Gasteiger partial charge in [0.25, 0.3) is 0 Å². The number of carbonyl (C=O) groups excluding carboxylic acids is 1. The molecule has 3 rings (SSSR count). The van der Waals surface area contributed by atoms with Gasteiger partial charge in [-0.15, -0.1) is 0 Å². The molecule has 4 heteroatoms. The summed E-state index contributed by atoms with van der Waals surface area (Å²) in [5.74, 6) is 1.44. The second kappa shape index (κ2) is 5.21. The Morgan fingerprint density at radius 1 is 1.32 bits per heavy atom. The molecule has 1 saturated heterocycles. The lowest BCUT2D eigenvalue weighted by Crippen LogP contribution is -2.37. The summed E-state index contributed by atoms with van der Waals surface area (Å²) in [6, 6.07) is 9.71. The maximum absolute atomic E-state index is 12.0. The number of ether oxygens (including phenoxy) is 1. The van der Waals surface area contributed by atoms with E-state index >= 15 is 0 Å². The first kappa shape index (κ1) is 12.5. The molecule has 1 aromatic rings. The van der Waals surface area contributed by atoms with Crippen molar-refractivity contribution in [3.05, 3.63) is 35.9 Å². The largest absolute Gasteiger partial charge is 0.445 e. The van der Waals surface area contributed by atoms with Crippen LogP contribution in [-0.2, 0) is 11.3 Å². The normalized spacial score (nSPS) is 28.7. The minimum Gasteiger partial charge on any atom is -0.445 e. The van der Waals surface area contributed by atoms with E-state index in [9.17, 15) is 9.90 Å². The van der Waals surface area contributed by atoms with Crippen LogP contribution in [0.1, 0.15) is 12.0 Å². The molecule has 1 amide bonds. The van der Waals surface area contributed by atoms with Gasteiger partial charge in [0.1, 0.15) is 6.61 Å². The number of carbonyl (C=O) groups is 1. The average Bonchev–Trinajstić information content (AvgIpc) is 2.76. The van der Waals surface area contributed by atoms with Gasteiger partial charge in [-0.25, -0.2) is 4.79 Å². The summed E-state index contributed by atoms with van der Waals surface area (Å²) in [5, 5.41) is 9.18. The van der Waals surface area contributed by atoms with Crippen LogP contribution in [0.4, 0.5) is 4.79 Å². The van der Waals surface area contributed by atoms with E-state index in [1.165, 1.54) is 0 Å². The highest BCUT2D eigenvalue weighted by Gasteiger charge is 2.48. The first-order valence-corrected chi connectivity index (χ1v) is 6.84. The Kier molecular flexibility index (Phi) is 3.42. The third-order valence-electron chi connectivity index (χ3n) is 4.40. The Morgan fingerprint density at radius 3 is 2.84 bits per heavy atom. The number of hydrogen-bond acceptors (Lipinski definition) is 3. The van der Waals surface area contributed by atoms with Crippen LogP contribution in [0.5, 0.6) is 0 Å². The fourth-order valence-corrected chi connectivity index (χ4v) is 3.22. The third-order valence-corrected chi connectivity index (χ3v) is 4.40. The summed E-state index contributed by atoms with van der Waals surface area (Å²) in [4.78, 5) is 13.8. The van der Waals surface area contributed by atoms with Crippen LogP contribution in [0.3, 0.4) is 0 Å². The molecule has 1 aliphatic heterocycles. The molecule has 2 aliphatic rings. The molecular formula is C15H19NO3. The number of amides is 1. The first-order valence-electron chi connectivity index (χ1n) is 6.84. The topological polar surface area (TPSA) is 49.8 Å². The monoisotopic (exact) mass is 261 g/mol. The lowest BCUT2D eigenvalue weighted by atomic mass is 9.67. The van der Waals surface area contributed by atoms with Gasteiger partial charge in [0.15, 0.2) is 0 Å². The number of fused-ring (bicyclic) bond motifs is 1. The molecule has 2 fully saturated rings. The van der Waals surface area contributed by atoms with Crippen molar-refractivity contribution in [2.75, 3.05) is 19.7 Å². The van der Waals surface area contributed by atoms with Gasteiger partial charge in [0, 0.05) is 19.7 Å². The number of aliphatic hydroxyl groups is 1. The van der Waals surface area contributed by atoms with Crippen molar-refractivity contribution in [2.24, 2.45) is 17.8 Å². The molecule has 0 radical (unpaired) electrons. The standard InChI is InChI=1S/C15H19NO3/c17-9-13-6-12-7-16(8-14(12)13)15(18)19-10-11-4-2-1-3-5-11/h1-5,12-14,17H,6-10H2/t12-,13+,14+/m1/s1. The molecule has 1 saturated carbocycles. The van der Waals surface area contributed by atoms with Crippen LogP contribution in [0.15, 0.2) is 30.3 Å². The zero-order valence-corrected chi connectivity index (χ0v) is 10.9. The van der Waals surface area contributed by atoms with Crippen molar-refractivity contribution in [2.45, 2.75) is 13.0 Å². The van der Waals surface area contributed by atoms with Crippen LogP contribution in [0.2, 0.25) is 0 Å². The maximum atomic E-state index is 12.0. The second-order valence-corrected chi connectivity index (χ2v) is 5.55. The summed E-state index contributed by atoms with van der Waals surface area (Å²) < 4.78 is 5.33. The Labute approximate surface area is 113 Å². The van der Waals surface area contributed by atoms with E-state index < -0.39 is 0 Å². The van der Waals surface area contributed by atoms with Crippen molar-refractivity contribution in [3.63, 3.8) is 0 Å². The number of aliphatic hydroxyl groups excluding tert-OH is 1. The lowest BCUT2D eigenvalue weighted by molar-refractivity contribution is 0.0574. The van der Waals surface area contributed by atoms with Crippen molar-refractivity contribution in [3.8, 4) is 0 Å². The molecule has 102 valence electrons. The van der Waals surface area contributed by atoms with Gasteiger partial charge in [-0.05, 0) is 29.7 Å². The molecule has 0 spiro atoms. The molecule has 0 bridgehead atoms. The molecule has 1 aliphatic carbocycles. The molecule has 4 nitrogen and oxygen atoms in total. The van der Waals surface area contributed by atoms with E-state index in [0.717, 1.165) is 25.1 Å². The van der Waals surface area contributed by atoms with Crippen LogP contribution in [0.25, 0.3) is 0 Å². The van der Waals surface area contributed by atoms with Crippen molar-refractivity contribution < 1.29 is 14.6 Å². The van der Waals surface area contributed by atoms with E-state index in [4.69, 9.17) is 4.74 Å². The molecule has 1 heterocycles. The van der Waals surface area contributed by atoms with Gasteiger partial charge in [-0.2, -0.15) is 0 Å². The number of nitrogens with zero attached hydrogens (tertiary/aromatic N) is 1. The molecule has 1 N–H and O–H groups in total. The predicted octanol–water partition coefficient (Wildman–Crippen LogP) is 1.88. The Hall–Kier alpha value is -1.55. The molecular weight excluding hydrogens is 242 g/mol. The summed E-state index contributed by atoms with van der Waals surface area (Å²) in [6.07, 6.45) is 0.818. The zero-order valence-electron chi connectivity index (χ0n) is 10.9. The number of rotatable bonds is 3. The second-order valence-electron chi connectivity index (χ2n) is 5.55. The third kappa shape index (κ3) is 2.45. The molecule has 0 unspecified atom stereocenters. The van der Waals surface area contributed by atoms with Crippen LogP contribution in [0, 0.1) is 17.8 Å². The molecule has 3 atom stereocenters. The van der Waals surface area contributed by atoms with E-state index in [-0.39, 0.29) is 12.7 Å².